The summed E-state index contributed by atoms with van der Waals surface area (Å²) in [5.74, 6) is 0. The van der Waals surface area contributed by atoms with Gasteiger partial charge in [-0.25, -0.2) is 0 Å². The molecule has 0 aliphatic heterocycles. The Morgan fingerprint density at radius 2 is 0.833 bits per heavy atom. The first-order chi connectivity index (χ1) is 1.00. The van der Waals surface area contributed by atoms with Crippen LogP contribution in [0.25, 0.3) is 0 Å². The average molecular weight is 237 g/mol. The summed E-state index contributed by atoms with van der Waals surface area (Å²) in [6, 6.07) is 0. The molecule has 3 radical (unpaired) electrons. The van der Waals surface area contributed by atoms with Crippen molar-refractivity contribution in [2.75, 3.05) is 0 Å². The van der Waals surface area contributed by atoms with Crippen LogP contribution in [-0.4, -0.2) is 23.0 Å². The Bertz CT molecular complexity index is 7.51. The van der Waals surface area contributed by atoms with Gasteiger partial charge in [0.15, 0.2) is 0 Å². The van der Waals surface area contributed by atoms with Gasteiger partial charge < -0.3 is 16.4 Å². The molecule has 4 nitrogen and oxygen atoms in total. The Morgan fingerprint density at radius 3 is 0.833 bits per heavy atom. The Kier molecular flexibility index (Phi) is 1350. The minimum atomic E-state index is 0. The maximum absolute atomic E-state index is 8.30. The molecule has 0 bridgehead atoms. The van der Waals surface area contributed by atoms with Crippen molar-refractivity contribution < 1.29 is 38.0 Å². The van der Waals surface area contributed by atoms with E-state index in [4.69, 9.17) is 3.02 Å². The molecule has 0 aliphatic rings. The van der Waals surface area contributed by atoms with Crippen molar-refractivity contribution >= 4 is 23.0 Å². The second kappa shape index (κ2) is 134. The van der Waals surface area contributed by atoms with E-state index in [0.717, 1.165) is 0 Å². The van der Waals surface area contributed by atoms with Gasteiger partial charge in [0, 0.05) is 18.6 Å². The topological polar surface area (TPSA) is 103 Å². The van der Waals surface area contributed by atoms with Gasteiger partial charge in [-0.3, -0.25) is 0 Å². The van der Waals surface area contributed by atoms with E-state index in [1.54, 1.807) is 0 Å². The van der Waals surface area contributed by atoms with E-state index >= 15 is 0 Å². The summed E-state index contributed by atoms with van der Waals surface area (Å²) >= 11 is 0.500. The zero-order valence-corrected chi connectivity index (χ0v) is 6.48. The number of hydrogen-bond acceptors (Lipinski definition) is 1. The Morgan fingerprint density at radius 1 is 0.833 bits per heavy atom. The summed E-state index contributed by atoms with van der Waals surface area (Å²) in [4.78, 5) is 0. The molecule has 0 heterocycles. The zero-order chi connectivity index (χ0) is 2.00. The van der Waals surface area contributed by atoms with Crippen LogP contribution in [0.1, 0.15) is 0 Å². The van der Waals surface area contributed by atoms with Crippen molar-refractivity contribution in [2.24, 2.45) is 0 Å². The van der Waals surface area contributed by atoms with Crippen LogP contribution in [0.15, 0.2) is 0 Å². The molecule has 0 rings (SSSR count). The van der Waals surface area contributed by atoms with Gasteiger partial charge in [-0.2, -0.15) is 0 Å². The first kappa shape index (κ1) is 60.4. The van der Waals surface area contributed by atoms with Crippen LogP contribution in [-0.2, 0) is 38.0 Å². The van der Waals surface area contributed by atoms with Gasteiger partial charge in [-0.1, -0.05) is 0 Å². The first-order valence-electron chi connectivity index (χ1n) is 0.183. The van der Waals surface area contributed by atoms with Gasteiger partial charge in [-0.05, 0) is 0 Å². The standard InChI is InChI=1S/4O.Sb.V/q;3*-2;+1;. The first-order valence-corrected chi connectivity index (χ1v) is 1.22. The minimum Gasteiger partial charge on any atom is 0 e. The smallest absolute Gasteiger partial charge is 0 e. The Balaban J connectivity index is -0.000000000833. The molecular formula is O4SbV-5. The Hall–Kier alpha value is 1.08. The molecule has 0 N–H and O–H groups in total. The van der Waals surface area contributed by atoms with Gasteiger partial charge in [0.1, 0.15) is 0 Å². The normalized spacial score (nSPS) is 0.667. The molecule has 6 heavy (non-hydrogen) atoms. The molecule has 6 heteroatoms. The fourth-order valence-electron chi connectivity index (χ4n) is 0. The minimum absolute atomic E-state index is 0. The van der Waals surface area contributed by atoms with Crippen LogP contribution < -0.4 is 0 Å². The van der Waals surface area contributed by atoms with E-state index < -0.39 is 0 Å². The van der Waals surface area contributed by atoms with Crippen LogP contribution in [0, 0.1) is 0 Å². The molecule has 0 aliphatic carbocycles. The fourth-order valence-corrected chi connectivity index (χ4v) is 0. The number of hydrogen-bond donors (Lipinski definition) is 0. The van der Waals surface area contributed by atoms with Gasteiger partial charge in [0.05, 0.1) is 0 Å². The molecule has 0 aromatic rings. The quantitative estimate of drug-likeness (QED) is 0.502. The van der Waals surface area contributed by atoms with Crippen LogP contribution in [0.2, 0.25) is 0 Å². The molecule has 0 aromatic heterocycles. The van der Waals surface area contributed by atoms with Crippen LogP contribution in [0.3, 0.4) is 0 Å². The molecule has 0 saturated carbocycles. The summed E-state index contributed by atoms with van der Waals surface area (Å²) in [6.45, 7) is 0. The van der Waals surface area contributed by atoms with Crippen molar-refractivity contribution in [1.29, 1.82) is 0 Å². The van der Waals surface area contributed by atoms with Crippen LogP contribution in [0.5, 0.6) is 0 Å². The molecular weight excluding hydrogens is 237 g/mol. The van der Waals surface area contributed by atoms with Crippen molar-refractivity contribution in [3.05, 3.63) is 0 Å². The molecule has 0 fully saturated rings. The average Bonchev–Trinajstić information content (AvgIpc) is 1.00. The largest absolute Gasteiger partial charge is 0 e. The summed E-state index contributed by atoms with van der Waals surface area (Å²) in [6.07, 6.45) is 0. The van der Waals surface area contributed by atoms with Gasteiger partial charge in [-0.15, -0.1) is 0 Å². The van der Waals surface area contributed by atoms with E-state index in [2.05, 4.69) is 0 Å². The predicted octanol–water partition coefficient (Wildman–Crippen LogP) is -0.859. The van der Waals surface area contributed by atoms with Crippen molar-refractivity contribution in [2.45, 2.75) is 0 Å². The second-order valence-corrected chi connectivity index (χ2v) is 0. The Labute approximate surface area is 61.0 Å². The molecule has 39 valence electrons. The third-order valence-electron chi connectivity index (χ3n) is 0. The predicted molar refractivity (Wildman–Crippen MR) is 8.50 cm³/mol. The summed E-state index contributed by atoms with van der Waals surface area (Å²) in [7, 11) is 0. The maximum atomic E-state index is 8.30. The summed E-state index contributed by atoms with van der Waals surface area (Å²) in [5.41, 5.74) is 0. The molecule has 0 atom stereocenters. The van der Waals surface area contributed by atoms with E-state index in [1.165, 1.54) is 0 Å². The third-order valence-corrected chi connectivity index (χ3v) is 0. The van der Waals surface area contributed by atoms with Gasteiger partial charge in [0.2, 0.25) is 0 Å². The maximum Gasteiger partial charge on any atom is 0 e. The van der Waals surface area contributed by atoms with E-state index in [-0.39, 0.29) is 35.0 Å². The molecule has 0 amide bonds. The van der Waals surface area contributed by atoms with Gasteiger partial charge in [0.25, 0.3) is 0 Å². The van der Waals surface area contributed by atoms with E-state index in [9.17, 15) is 0 Å². The van der Waals surface area contributed by atoms with Crippen molar-refractivity contribution in [1.82, 2.24) is 0 Å². The second-order valence-electron chi connectivity index (χ2n) is 0. The molecule has 0 aromatic carbocycles. The third kappa shape index (κ3) is 72.3. The zero-order valence-electron chi connectivity index (χ0n) is 2.53. The summed E-state index contributed by atoms with van der Waals surface area (Å²) in [5, 5.41) is 0. The monoisotopic (exact) mass is 236 g/mol. The molecule has 0 saturated heterocycles. The summed E-state index contributed by atoms with van der Waals surface area (Å²) < 4.78 is 8.30. The molecule has 0 spiro atoms. The van der Waals surface area contributed by atoms with Crippen molar-refractivity contribution in [3.8, 4) is 0 Å². The molecule has 0 unspecified atom stereocenters. The number of rotatable bonds is 0. The van der Waals surface area contributed by atoms with Crippen molar-refractivity contribution in [3.63, 3.8) is 0 Å². The SMILES string of the molecule is [O-2].[O-2].[O-2].[O]=[Sb+].[V]. The van der Waals surface area contributed by atoms with E-state index in [0.29, 0.717) is 23.0 Å². The van der Waals surface area contributed by atoms with Crippen LogP contribution in [0.4, 0.5) is 0 Å². The van der Waals surface area contributed by atoms with Crippen LogP contribution >= 0.6 is 0 Å². The fraction of sp³-hybridized carbons (Fsp3) is 0. The van der Waals surface area contributed by atoms with Gasteiger partial charge >= 0.3 is 26.0 Å². The van der Waals surface area contributed by atoms with E-state index in [1.807, 2.05) is 0 Å².